The quantitative estimate of drug-likeness (QED) is 0.309. The number of nitrogen functional groups attached to an aromatic ring is 1. The Bertz CT molecular complexity index is 836. The first kappa shape index (κ1) is 18.5. The number of carbonyl (C=O) groups is 1. The highest BCUT2D eigenvalue weighted by molar-refractivity contribution is 6.08. The van der Waals surface area contributed by atoms with Gasteiger partial charge in [0.05, 0.1) is 0 Å². The van der Waals surface area contributed by atoms with Crippen molar-refractivity contribution in [2.45, 2.75) is 0 Å². The van der Waals surface area contributed by atoms with Gasteiger partial charge in [0.15, 0.2) is 0 Å². The lowest BCUT2D eigenvalue weighted by Crippen LogP contribution is -2.12. The first-order valence-electron chi connectivity index (χ1n) is 7.52. The number of anilines is 2. The van der Waals surface area contributed by atoms with Crippen LogP contribution in [0.1, 0.15) is 10.4 Å². The van der Waals surface area contributed by atoms with Crippen LogP contribution in [0.15, 0.2) is 66.7 Å². The topological polar surface area (TPSA) is 136 Å². The second-order valence-electron chi connectivity index (χ2n) is 5.26. The Labute approximate surface area is 149 Å². The van der Waals surface area contributed by atoms with Gasteiger partial charge in [-0.1, -0.05) is 6.07 Å². The Morgan fingerprint density at radius 2 is 1.19 bits per heavy atom. The number of carbonyl (C=O) groups excluding carboxylic acids is 1. The summed E-state index contributed by atoms with van der Waals surface area (Å²) in [6.07, 6.45) is 0. The number of amides is 1. The van der Waals surface area contributed by atoms with Crippen LogP contribution in [0.5, 0.6) is 23.0 Å². The lowest BCUT2D eigenvalue weighted by atomic mass is 10.1. The molecule has 26 heavy (non-hydrogen) atoms. The highest BCUT2D eigenvalue weighted by atomic mass is 16.3. The van der Waals surface area contributed by atoms with Crippen molar-refractivity contribution in [1.29, 1.82) is 0 Å². The van der Waals surface area contributed by atoms with Crippen molar-refractivity contribution in [2.24, 2.45) is 0 Å². The molecule has 0 heterocycles. The van der Waals surface area contributed by atoms with Crippen LogP contribution in [0.25, 0.3) is 0 Å². The Hall–Kier alpha value is -3.87. The van der Waals surface area contributed by atoms with Gasteiger partial charge in [0.25, 0.3) is 5.91 Å². The maximum absolute atomic E-state index is 11.8. The van der Waals surface area contributed by atoms with Crippen molar-refractivity contribution >= 4 is 17.3 Å². The number of aromatic hydroxyl groups is 4. The van der Waals surface area contributed by atoms with Crippen LogP contribution in [-0.4, -0.2) is 26.3 Å². The van der Waals surface area contributed by atoms with Crippen molar-refractivity contribution in [1.82, 2.24) is 0 Å². The Kier molecular flexibility index (Phi) is 5.89. The zero-order valence-electron chi connectivity index (χ0n) is 13.6. The van der Waals surface area contributed by atoms with Crippen molar-refractivity contribution in [3.05, 3.63) is 72.3 Å². The lowest BCUT2D eigenvalue weighted by molar-refractivity contribution is 0.102. The van der Waals surface area contributed by atoms with Crippen LogP contribution < -0.4 is 11.1 Å². The fourth-order valence-electron chi connectivity index (χ4n) is 1.97. The predicted octanol–water partition coefficient (Wildman–Crippen LogP) is 3.03. The van der Waals surface area contributed by atoms with E-state index in [4.69, 9.17) is 15.9 Å². The fourth-order valence-corrected chi connectivity index (χ4v) is 1.97. The molecule has 7 heteroatoms. The average Bonchev–Trinajstić information content (AvgIpc) is 2.60. The summed E-state index contributed by atoms with van der Waals surface area (Å²) < 4.78 is 0. The van der Waals surface area contributed by atoms with Gasteiger partial charge in [-0.3, -0.25) is 4.79 Å². The molecule has 0 saturated heterocycles. The van der Waals surface area contributed by atoms with E-state index >= 15 is 0 Å². The molecule has 0 unspecified atom stereocenters. The molecule has 0 aliphatic rings. The van der Waals surface area contributed by atoms with E-state index in [0.29, 0.717) is 11.4 Å². The van der Waals surface area contributed by atoms with Crippen molar-refractivity contribution in [3.8, 4) is 23.0 Å². The Balaban J connectivity index is 0.000000254. The Morgan fingerprint density at radius 1 is 0.731 bits per heavy atom. The van der Waals surface area contributed by atoms with Gasteiger partial charge in [0.2, 0.25) is 0 Å². The van der Waals surface area contributed by atoms with Gasteiger partial charge in [-0.05, 0) is 60.7 Å². The van der Waals surface area contributed by atoms with E-state index in [0.717, 1.165) is 0 Å². The summed E-state index contributed by atoms with van der Waals surface area (Å²) >= 11 is 0. The van der Waals surface area contributed by atoms with Gasteiger partial charge < -0.3 is 31.5 Å². The molecule has 0 radical (unpaired) electrons. The molecule has 0 fully saturated rings. The van der Waals surface area contributed by atoms with Gasteiger partial charge in [-0.25, -0.2) is 0 Å². The molecule has 7 nitrogen and oxygen atoms in total. The van der Waals surface area contributed by atoms with Crippen molar-refractivity contribution < 1.29 is 25.2 Å². The van der Waals surface area contributed by atoms with Crippen LogP contribution in [0, 0.1) is 0 Å². The molecular weight excluding hydrogens is 336 g/mol. The largest absolute Gasteiger partial charge is 0.508 e. The zero-order chi connectivity index (χ0) is 19.1. The minimum absolute atomic E-state index is 0.0819. The molecule has 3 aromatic rings. The summed E-state index contributed by atoms with van der Waals surface area (Å²) in [7, 11) is 0. The van der Waals surface area contributed by atoms with Crippen LogP contribution in [-0.2, 0) is 0 Å². The van der Waals surface area contributed by atoms with Gasteiger partial charge >= 0.3 is 0 Å². The highest BCUT2D eigenvalue weighted by Crippen LogP contribution is 2.27. The van der Waals surface area contributed by atoms with Gasteiger partial charge in [-0.2, -0.15) is 0 Å². The molecule has 0 aliphatic heterocycles. The molecule has 7 N–H and O–H groups in total. The van der Waals surface area contributed by atoms with Crippen LogP contribution in [0.3, 0.4) is 0 Å². The van der Waals surface area contributed by atoms with E-state index in [2.05, 4.69) is 5.32 Å². The predicted molar refractivity (Wildman–Crippen MR) is 98.4 cm³/mol. The van der Waals surface area contributed by atoms with E-state index in [9.17, 15) is 15.0 Å². The number of nitrogens with one attached hydrogen (secondary N) is 1. The molecule has 1 amide bonds. The minimum atomic E-state index is -0.628. The second-order valence-corrected chi connectivity index (χ2v) is 5.26. The first-order valence-corrected chi connectivity index (χ1v) is 7.52. The van der Waals surface area contributed by atoms with Gasteiger partial charge in [0, 0.05) is 11.4 Å². The van der Waals surface area contributed by atoms with Crippen LogP contribution in [0.2, 0.25) is 0 Å². The molecule has 0 aromatic heterocycles. The van der Waals surface area contributed by atoms with E-state index in [1.807, 2.05) is 0 Å². The fraction of sp³-hybridized carbons (Fsp3) is 0. The highest BCUT2D eigenvalue weighted by Gasteiger charge is 2.15. The van der Waals surface area contributed by atoms with Crippen molar-refractivity contribution in [3.63, 3.8) is 0 Å². The lowest BCUT2D eigenvalue weighted by Gasteiger charge is -2.08. The van der Waals surface area contributed by atoms with Gasteiger partial charge in [-0.15, -0.1) is 0 Å². The third-order valence-electron chi connectivity index (χ3n) is 3.27. The zero-order valence-corrected chi connectivity index (χ0v) is 13.6. The summed E-state index contributed by atoms with van der Waals surface area (Å²) in [5.41, 5.74) is 6.24. The summed E-state index contributed by atoms with van der Waals surface area (Å²) in [6, 6.07) is 16.3. The third-order valence-corrected chi connectivity index (χ3v) is 3.27. The summed E-state index contributed by atoms with van der Waals surface area (Å²) in [6.45, 7) is 0. The smallest absolute Gasteiger partial charge is 0.263 e. The summed E-state index contributed by atoms with van der Waals surface area (Å²) in [4.78, 5) is 11.8. The summed E-state index contributed by atoms with van der Waals surface area (Å²) in [5.74, 6) is -0.897. The van der Waals surface area contributed by atoms with E-state index in [-0.39, 0.29) is 28.6 Å². The molecule has 0 spiro atoms. The molecule has 0 aliphatic carbocycles. The molecule has 134 valence electrons. The normalized spacial score (nSPS) is 9.69. The second kappa shape index (κ2) is 8.29. The number of nitrogens with two attached hydrogens (primary N) is 1. The molecule has 0 bridgehead atoms. The maximum Gasteiger partial charge on any atom is 0.263 e. The van der Waals surface area contributed by atoms with Gasteiger partial charge in [0.1, 0.15) is 28.6 Å². The van der Waals surface area contributed by atoms with E-state index in [1.54, 1.807) is 24.3 Å². The Morgan fingerprint density at radius 3 is 1.65 bits per heavy atom. The molecule has 3 rings (SSSR count). The maximum atomic E-state index is 11.8. The third kappa shape index (κ3) is 5.07. The van der Waals surface area contributed by atoms with Crippen LogP contribution >= 0.6 is 0 Å². The SMILES string of the molecule is Nc1ccc(O)cc1.O=C(Nc1ccc(O)cc1)c1c(O)cccc1O. The average molecular weight is 354 g/mol. The first-order chi connectivity index (χ1) is 12.4. The number of phenolic OH excluding ortho intramolecular Hbond substituents is 4. The molecular formula is C19H18N2O5. The molecule has 0 saturated carbocycles. The number of hydrogen-bond donors (Lipinski definition) is 6. The van der Waals surface area contributed by atoms with Crippen molar-refractivity contribution in [2.75, 3.05) is 11.1 Å². The number of hydrogen-bond acceptors (Lipinski definition) is 6. The number of benzene rings is 3. The number of phenols is 4. The van der Waals surface area contributed by atoms with E-state index < -0.39 is 5.91 Å². The summed E-state index contributed by atoms with van der Waals surface area (Å²) in [5, 5.41) is 39.3. The number of rotatable bonds is 2. The van der Waals surface area contributed by atoms with Crippen LogP contribution in [0.4, 0.5) is 11.4 Å². The minimum Gasteiger partial charge on any atom is -0.508 e. The standard InChI is InChI=1S/C13H11NO4.C6H7NO/c15-9-6-4-8(5-7-9)14-13(18)12-10(16)2-1-3-11(12)17;7-5-1-3-6(8)4-2-5/h1-7,15-17H,(H,14,18);1-4,8H,7H2. The van der Waals surface area contributed by atoms with E-state index in [1.165, 1.54) is 42.5 Å². The monoisotopic (exact) mass is 354 g/mol. The molecule has 3 aromatic carbocycles. The molecule has 0 atom stereocenters.